The molecular formula is C27H48ClN5S2. The van der Waals surface area contributed by atoms with Crippen LogP contribution in [0.4, 0.5) is 11.5 Å². The van der Waals surface area contributed by atoms with Crippen LogP contribution in [0.5, 0.6) is 0 Å². The number of halogens is 1. The number of thiocarbonyl (C=S) groups is 1. The van der Waals surface area contributed by atoms with E-state index in [2.05, 4.69) is 48.5 Å². The molecule has 0 amide bonds. The number of nitrogens with one attached hydrogen (secondary N) is 1. The Morgan fingerprint density at radius 2 is 1.51 bits per heavy atom. The van der Waals surface area contributed by atoms with E-state index in [0.29, 0.717) is 11.4 Å². The van der Waals surface area contributed by atoms with E-state index >= 15 is 0 Å². The molecule has 0 atom stereocenters. The van der Waals surface area contributed by atoms with Gasteiger partial charge in [-0.15, -0.1) is 0 Å². The fourth-order valence-corrected chi connectivity index (χ4v) is 5.67. The normalized spacial score (nSPS) is 10.5. The lowest BCUT2D eigenvalue weighted by molar-refractivity contribution is -0.719. The summed E-state index contributed by atoms with van der Waals surface area (Å²) in [6.45, 7) is 12.1. The van der Waals surface area contributed by atoms with E-state index in [1.807, 2.05) is 6.07 Å². The van der Waals surface area contributed by atoms with Crippen molar-refractivity contribution in [3.05, 3.63) is 11.6 Å². The van der Waals surface area contributed by atoms with Gasteiger partial charge in [0.05, 0.1) is 18.3 Å². The van der Waals surface area contributed by atoms with E-state index in [4.69, 9.17) is 18.0 Å². The van der Waals surface area contributed by atoms with Gasteiger partial charge in [0.15, 0.2) is 5.03 Å². The number of anilines is 2. The van der Waals surface area contributed by atoms with Gasteiger partial charge in [0, 0.05) is 19.6 Å². The van der Waals surface area contributed by atoms with E-state index in [1.54, 1.807) is 0 Å². The molecule has 35 heavy (non-hydrogen) atoms. The lowest BCUT2D eigenvalue weighted by atomic mass is 10.1. The molecule has 0 unspecified atom stereocenters. The molecule has 0 aliphatic rings. The van der Waals surface area contributed by atoms with Crippen LogP contribution in [0.2, 0.25) is 0 Å². The summed E-state index contributed by atoms with van der Waals surface area (Å²) in [6.07, 6.45) is 14.8. The van der Waals surface area contributed by atoms with Crippen LogP contribution in [0.3, 0.4) is 0 Å². The van der Waals surface area contributed by atoms with Crippen molar-refractivity contribution in [3.8, 4) is 6.07 Å². The average Bonchev–Trinajstić information content (AvgIpc) is 2.83. The largest absolute Gasteiger partial charge is 1.00 e. The highest BCUT2D eigenvalue weighted by Gasteiger charge is 2.24. The predicted octanol–water partition coefficient (Wildman–Crippen LogP) is 4.28. The Hall–Kier alpha value is -1.23. The third kappa shape index (κ3) is 12.5. The molecule has 0 radical (unpaired) electrons. The van der Waals surface area contributed by atoms with Gasteiger partial charge in [-0.05, 0) is 44.9 Å². The van der Waals surface area contributed by atoms with Gasteiger partial charge in [0.25, 0.3) is 5.82 Å². The highest BCUT2D eigenvalue weighted by Crippen LogP contribution is 2.29. The topological polar surface area (TPSA) is 69.0 Å². The van der Waals surface area contributed by atoms with Crippen LogP contribution < -0.4 is 28.0 Å². The molecule has 3 N–H and O–H groups in total. The first-order valence-electron chi connectivity index (χ1n) is 13.5. The minimum Gasteiger partial charge on any atom is -1.00 e. The van der Waals surface area contributed by atoms with Crippen molar-refractivity contribution in [1.29, 1.82) is 5.26 Å². The van der Waals surface area contributed by atoms with Crippen LogP contribution in [0.15, 0.2) is 11.1 Å². The maximum atomic E-state index is 10.1. The standard InChI is InChI=1S/C27H47N5S2.ClH/c1-5-9-11-13-15-17-19-30-24-21-25(29)32(20-18-16-14-12-10-6-2)26(23(24)22-28)34-27(33)31(7-3)8-4;/h21H,5-20H2,1-4H3,(H2,29,30);1H. The molecule has 5 nitrogen and oxygen atoms in total. The van der Waals surface area contributed by atoms with E-state index in [0.717, 1.165) is 54.1 Å². The molecule has 0 aliphatic heterocycles. The van der Waals surface area contributed by atoms with E-state index in [9.17, 15) is 5.26 Å². The van der Waals surface area contributed by atoms with E-state index < -0.39 is 0 Å². The minimum atomic E-state index is 0. The summed E-state index contributed by atoms with van der Waals surface area (Å²) in [7, 11) is 0. The zero-order valence-corrected chi connectivity index (χ0v) is 24.9. The fourth-order valence-electron chi connectivity index (χ4n) is 4.06. The van der Waals surface area contributed by atoms with E-state index in [1.165, 1.54) is 76.0 Å². The number of pyridine rings is 1. The first-order chi connectivity index (χ1) is 16.5. The molecule has 0 fully saturated rings. The minimum absolute atomic E-state index is 0. The van der Waals surface area contributed by atoms with Crippen LogP contribution in [-0.4, -0.2) is 28.9 Å². The lowest BCUT2D eigenvalue weighted by Gasteiger charge is -2.22. The van der Waals surface area contributed by atoms with Crippen molar-refractivity contribution in [1.82, 2.24) is 4.90 Å². The Bertz CT molecular complexity index is 763. The molecule has 1 heterocycles. The number of hydrogen-bond acceptors (Lipinski definition) is 5. The number of hydrogen-bond donors (Lipinski definition) is 2. The van der Waals surface area contributed by atoms with Crippen LogP contribution in [0.25, 0.3) is 0 Å². The number of thioether (sulfide) groups is 1. The number of nitrogens with two attached hydrogens (primary N) is 1. The molecule has 1 rings (SSSR count). The summed E-state index contributed by atoms with van der Waals surface area (Å²) >= 11 is 7.26. The lowest BCUT2D eigenvalue weighted by Crippen LogP contribution is -3.00. The van der Waals surface area contributed by atoms with Gasteiger partial charge in [-0.3, -0.25) is 5.73 Å². The maximum Gasteiger partial charge on any atom is 0.275 e. The van der Waals surface area contributed by atoms with Crippen molar-refractivity contribution in [2.45, 2.75) is 116 Å². The molecular weight excluding hydrogens is 494 g/mol. The third-order valence-electron chi connectivity index (χ3n) is 6.23. The van der Waals surface area contributed by atoms with E-state index in [-0.39, 0.29) is 12.4 Å². The Morgan fingerprint density at radius 1 is 0.971 bits per heavy atom. The van der Waals surface area contributed by atoms with Crippen LogP contribution in [0.1, 0.15) is 110 Å². The maximum absolute atomic E-state index is 10.1. The van der Waals surface area contributed by atoms with Gasteiger partial charge in [0.1, 0.15) is 16.0 Å². The number of nitrogens with zero attached hydrogens (tertiary/aromatic N) is 3. The Kier molecular flexibility index (Phi) is 20.2. The van der Waals surface area contributed by atoms with Gasteiger partial charge >= 0.3 is 0 Å². The first-order valence-corrected chi connectivity index (χ1v) is 14.7. The molecule has 1 aromatic rings. The van der Waals surface area contributed by atoms with Gasteiger partial charge < -0.3 is 22.6 Å². The number of nitrogen functional groups attached to an aromatic ring is 1. The van der Waals surface area contributed by atoms with Crippen molar-refractivity contribution < 1.29 is 17.0 Å². The molecule has 1 aromatic heterocycles. The van der Waals surface area contributed by atoms with Crippen molar-refractivity contribution in [3.63, 3.8) is 0 Å². The van der Waals surface area contributed by atoms with Gasteiger partial charge in [-0.1, -0.05) is 83.9 Å². The predicted molar refractivity (Wildman–Crippen MR) is 152 cm³/mol. The molecule has 0 bridgehead atoms. The van der Waals surface area contributed by atoms with Crippen LogP contribution in [0, 0.1) is 11.3 Å². The second-order valence-electron chi connectivity index (χ2n) is 8.93. The van der Waals surface area contributed by atoms with Gasteiger partial charge in [-0.25, -0.2) is 4.57 Å². The molecule has 0 spiro atoms. The fraction of sp³-hybridized carbons (Fsp3) is 0.741. The molecule has 0 aliphatic carbocycles. The van der Waals surface area contributed by atoms with Crippen LogP contribution in [-0.2, 0) is 6.54 Å². The monoisotopic (exact) mass is 541 g/mol. The van der Waals surface area contributed by atoms with Crippen molar-refractivity contribution in [2.24, 2.45) is 0 Å². The number of unbranched alkanes of at least 4 members (excludes halogenated alkanes) is 10. The zero-order valence-electron chi connectivity index (χ0n) is 22.5. The summed E-state index contributed by atoms with van der Waals surface area (Å²) in [5.74, 6) is 0.697. The third-order valence-corrected chi connectivity index (χ3v) is 7.79. The molecule has 200 valence electrons. The first kappa shape index (κ1) is 33.8. The molecule has 8 heteroatoms. The van der Waals surface area contributed by atoms with Crippen molar-refractivity contribution >= 4 is 39.8 Å². The summed E-state index contributed by atoms with van der Waals surface area (Å²) < 4.78 is 2.90. The molecule has 0 saturated carbocycles. The summed E-state index contributed by atoms with van der Waals surface area (Å²) in [4.78, 5) is 2.16. The van der Waals surface area contributed by atoms with Crippen LogP contribution >= 0.6 is 24.0 Å². The number of rotatable bonds is 18. The Balaban J connectivity index is 0.0000116. The number of aromatic nitrogens is 1. The smallest absolute Gasteiger partial charge is 0.275 e. The Labute approximate surface area is 231 Å². The zero-order chi connectivity index (χ0) is 25.2. The van der Waals surface area contributed by atoms with Gasteiger partial charge in [-0.2, -0.15) is 5.26 Å². The molecule has 0 saturated heterocycles. The second-order valence-corrected chi connectivity index (χ2v) is 10.6. The summed E-state index contributed by atoms with van der Waals surface area (Å²) in [5.41, 5.74) is 8.04. The van der Waals surface area contributed by atoms with Gasteiger partial charge in [0.2, 0.25) is 0 Å². The molecule has 0 aromatic carbocycles. The highest BCUT2D eigenvalue weighted by molar-refractivity contribution is 8.22. The quantitative estimate of drug-likeness (QED) is 0.125. The highest BCUT2D eigenvalue weighted by atomic mass is 35.5. The average molecular weight is 542 g/mol. The van der Waals surface area contributed by atoms with Crippen molar-refractivity contribution in [2.75, 3.05) is 30.7 Å². The number of nitriles is 1. The SMILES string of the molecule is CCCCCCCCNc1cc(N)[n+](CCCCCCCC)c(SC(=S)N(CC)CC)c1C#N.[Cl-]. The summed E-state index contributed by atoms with van der Waals surface area (Å²) in [6, 6.07) is 4.40. The Morgan fingerprint density at radius 3 is 2.06 bits per heavy atom. The summed E-state index contributed by atoms with van der Waals surface area (Å²) in [5, 5.41) is 14.5. The second kappa shape index (κ2) is 20.9.